The number of ether oxygens (including phenoxy) is 1. The predicted molar refractivity (Wildman–Crippen MR) is 77.2 cm³/mol. The van der Waals surface area contributed by atoms with Crippen molar-refractivity contribution in [3.05, 3.63) is 29.3 Å². The molecule has 3 rings (SSSR count). The van der Waals surface area contributed by atoms with E-state index in [1.807, 2.05) is 12.1 Å². The van der Waals surface area contributed by atoms with Crippen LogP contribution in [-0.2, 0) is 12.8 Å². The number of methoxy groups -OCH3 is 1. The number of aryl methyl sites for hydroxylation is 1. The number of nitrogens with one attached hydrogen (secondary N) is 1. The summed E-state index contributed by atoms with van der Waals surface area (Å²) in [4.78, 5) is 12.1. The van der Waals surface area contributed by atoms with Crippen LogP contribution in [0.25, 0.3) is 0 Å². The van der Waals surface area contributed by atoms with Crippen molar-refractivity contribution in [2.45, 2.75) is 25.7 Å². The summed E-state index contributed by atoms with van der Waals surface area (Å²) in [5.41, 5.74) is 9.42. The zero-order valence-electron chi connectivity index (χ0n) is 11.4. The molecule has 0 radical (unpaired) electrons. The summed E-state index contributed by atoms with van der Waals surface area (Å²) in [7, 11) is 1.50. The van der Waals surface area contributed by atoms with Gasteiger partial charge in [-0.3, -0.25) is 0 Å². The number of aromatic nitrogens is 3. The Morgan fingerprint density at radius 1 is 1.15 bits per heavy atom. The smallest absolute Gasteiger partial charge is 0.322 e. The summed E-state index contributed by atoms with van der Waals surface area (Å²) in [6, 6.07) is 6.48. The molecule has 6 nitrogen and oxygen atoms in total. The van der Waals surface area contributed by atoms with Crippen LogP contribution in [0.3, 0.4) is 0 Å². The monoisotopic (exact) mass is 271 g/mol. The number of fused-ring (bicyclic) bond motifs is 1. The van der Waals surface area contributed by atoms with Gasteiger partial charge in [0.2, 0.25) is 11.9 Å². The summed E-state index contributed by atoms with van der Waals surface area (Å²) in [5, 5.41) is 3.23. The van der Waals surface area contributed by atoms with E-state index in [0.29, 0.717) is 5.95 Å². The van der Waals surface area contributed by atoms with Crippen molar-refractivity contribution in [2.24, 2.45) is 0 Å². The lowest BCUT2D eigenvalue weighted by molar-refractivity contribution is 0.380. The maximum Gasteiger partial charge on any atom is 0.322 e. The van der Waals surface area contributed by atoms with Crippen molar-refractivity contribution in [2.75, 3.05) is 18.2 Å². The SMILES string of the molecule is COc1nc(N)nc(Nc2cccc3c2CCCC3)n1. The summed E-state index contributed by atoms with van der Waals surface area (Å²) >= 11 is 0. The Balaban J connectivity index is 1.93. The van der Waals surface area contributed by atoms with Crippen LogP contribution >= 0.6 is 0 Å². The summed E-state index contributed by atoms with van der Waals surface area (Å²) < 4.78 is 5.00. The van der Waals surface area contributed by atoms with E-state index < -0.39 is 0 Å². The minimum Gasteiger partial charge on any atom is -0.467 e. The highest BCUT2D eigenvalue weighted by Gasteiger charge is 2.14. The zero-order valence-corrected chi connectivity index (χ0v) is 11.4. The average Bonchev–Trinajstić information content (AvgIpc) is 2.47. The Hall–Kier alpha value is -2.37. The molecular formula is C14H17N5O. The first-order valence-electron chi connectivity index (χ1n) is 6.69. The van der Waals surface area contributed by atoms with Gasteiger partial charge in [-0.25, -0.2) is 0 Å². The molecule has 1 aliphatic rings. The van der Waals surface area contributed by atoms with Crippen molar-refractivity contribution < 1.29 is 4.74 Å². The second kappa shape index (κ2) is 5.32. The zero-order chi connectivity index (χ0) is 13.9. The molecule has 0 saturated heterocycles. The molecule has 0 amide bonds. The molecule has 0 spiro atoms. The maximum absolute atomic E-state index is 5.64. The van der Waals surface area contributed by atoms with E-state index in [4.69, 9.17) is 10.5 Å². The fourth-order valence-electron chi connectivity index (χ4n) is 2.54. The van der Waals surface area contributed by atoms with E-state index in [9.17, 15) is 0 Å². The van der Waals surface area contributed by atoms with Crippen LogP contribution in [0, 0.1) is 0 Å². The average molecular weight is 271 g/mol. The molecule has 6 heteroatoms. The first-order valence-corrected chi connectivity index (χ1v) is 6.69. The molecule has 0 fully saturated rings. The fraction of sp³-hybridized carbons (Fsp3) is 0.357. The highest BCUT2D eigenvalue weighted by atomic mass is 16.5. The molecule has 1 aliphatic carbocycles. The highest BCUT2D eigenvalue weighted by Crippen LogP contribution is 2.29. The fourth-order valence-corrected chi connectivity index (χ4v) is 2.54. The number of hydrogen-bond acceptors (Lipinski definition) is 6. The van der Waals surface area contributed by atoms with E-state index in [1.54, 1.807) is 0 Å². The van der Waals surface area contributed by atoms with Gasteiger partial charge in [0, 0.05) is 5.69 Å². The molecule has 1 aromatic carbocycles. The summed E-state index contributed by atoms with van der Waals surface area (Å²) in [5.74, 6) is 0.553. The number of hydrogen-bond donors (Lipinski definition) is 2. The van der Waals surface area contributed by atoms with Gasteiger partial charge in [0.1, 0.15) is 0 Å². The molecule has 104 valence electrons. The molecule has 1 aromatic heterocycles. The molecule has 1 heterocycles. The van der Waals surface area contributed by atoms with Crippen molar-refractivity contribution in [1.82, 2.24) is 15.0 Å². The third kappa shape index (κ3) is 2.49. The first kappa shape index (κ1) is 12.7. The van der Waals surface area contributed by atoms with Gasteiger partial charge < -0.3 is 15.8 Å². The molecule has 0 atom stereocenters. The lowest BCUT2D eigenvalue weighted by atomic mass is 9.90. The summed E-state index contributed by atoms with van der Waals surface area (Å²) in [6.07, 6.45) is 4.68. The Labute approximate surface area is 117 Å². The number of anilines is 3. The standard InChI is InChI=1S/C14H17N5O/c1-20-14-18-12(15)17-13(19-14)16-11-8-4-6-9-5-2-3-7-10(9)11/h4,6,8H,2-3,5,7H2,1H3,(H3,15,16,17,18,19). The van der Waals surface area contributed by atoms with Gasteiger partial charge in [-0.15, -0.1) is 0 Å². The summed E-state index contributed by atoms with van der Waals surface area (Å²) in [6.45, 7) is 0. The van der Waals surface area contributed by atoms with E-state index in [1.165, 1.54) is 31.1 Å². The third-order valence-corrected chi connectivity index (χ3v) is 3.46. The van der Waals surface area contributed by atoms with Gasteiger partial charge in [-0.05, 0) is 42.9 Å². The van der Waals surface area contributed by atoms with Gasteiger partial charge >= 0.3 is 6.01 Å². The molecule has 0 aliphatic heterocycles. The molecule has 2 aromatic rings. The highest BCUT2D eigenvalue weighted by molar-refractivity contribution is 5.61. The van der Waals surface area contributed by atoms with Crippen LogP contribution in [0.2, 0.25) is 0 Å². The molecular weight excluding hydrogens is 254 g/mol. The van der Waals surface area contributed by atoms with E-state index in [2.05, 4.69) is 26.3 Å². The number of nitrogen functional groups attached to an aromatic ring is 1. The van der Waals surface area contributed by atoms with Crippen molar-refractivity contribution >= 4 is 17.6 Å². The molecule has 0 saturated carbocycles. The molecule has 3 N–H and O–H groups in total. The van der Waals surface area contributed by atoms with Crippen LogP contribution in [-0.4, -0.2) is 22.1 Å². The third-order valence-electron chi connectivity index (χ3n) is 3.46. The molecule has 20 heavy (non-hydrogen) atoms. The van der Waals surface area contributed by atoms with Crippen molar-refractivity contribution in [3.8, 4) is 6.01 Å². The van der Waals surface area contributed by atoms with Gasteiger partial charge in [-0.2, -0.15) is 15.0 Å². The van der Waals surface area contributed by atoms with Gasteiger partial charge in [-0.1, -0.05) is 12.1 Å². The van der Waals surface area contributed by atoms with Gasteiger partial charge in [0.25, 0.3) is 0 Å². The van der Waals surface area contributed by atoms with Crippen LogP contribution < -0.4 is 15.8 Å². The van der Waals surface area contributed by atoms with Gasteiger partial charge in [0.05, 0.1) is 7.11 Å². The van der Waals surface area contributed by atoms with Gasteiger partial charge in [0.15, 0.2) is 0 Å². The number of nitrogens with zero attached hydrogens (tertiary/aromatic N) is 3. The van der Waals surface area contributed by atoms with E-state index in [-0.39, 0.29) is 12.0 Å². The van der Waals surface area contributed by atoms with Crippen molar-refractivity contribution in [1.29, 1.82) is 0 Å². The van der Waals surface area contributed by atoms with Crippen LogP contribution in [0.4, 0.5) is 17.6 Å². The second-order valence-electron chi connectivity index (χ2n) is 4.78. The Morgan fingerprint density at radius 3 is 2.85 bits per heavy atom. The van der Waals surface area contributed by atoms with Crippen LogP contribution in [0.5, 0.6) is 6.01 Å². The molecule has 0 unspecified atom stereocenters. The normalized spacial score (nSPS) is 13.7. The predicted octanol–water partition coefficient (Wildman–Crippen LogP) is 2.08. The minimum atomic E-state index is 0.143. The quantitative estimate of drug-likeness (QED) is 0.889. The minimum absolute atomic E-state index is 0.143. The van der Waals surface area contributed by atoms with E-state index >= 15 is 0 Å². The molecule has 0 bridgehead atoms. The number of benzene rings is 1. The first-order chi connectivity index (χ1) is 9.76. The van der Waals surface area contributed by atoms with Crippen LogP contribution in [0.15, 0.2) is 18.2 Å². The lowest BCUT2D eigenvalue weighted by Crippen LogP contribution is -2.09. The Morgan fingerprint density at radius 2 is 2.00 bits per heavy atom. The Kier molecular flexibility index (Phi) is 3.37. The maximum atomic E-state index is 5.64. The number of rotatable bonds is 3. The van der Waals surface area contributed by atoms with E-state index in [0.717, 1.165) is 18.5 Å². The lowest BCUT2D eigenvalue weighted by Gasteiger charge is -2.19. The Bertz CT molecular complexity index is 629. The van der Waals surface area contributed by atoms with Crippen LogP contribution in [0.1, 0.15) is 24.0 Å². The second-order valence-corrected chi connectivity index (χ2v) is 4.78. The topological polar surface area (TPSA) is 86.0 Å². The largest absolute Gasteiger partial charge is 0.467 e. The van der Waals surface area contributed by atoms with Crippen molar-refractivity contribution in [3.63, 3.8) is 0 Å². The number of nitrogens with two attached hydrogens (primary N) is 1.